The van der Waals surface area contributed by atoms with Crippen molar-refractivity contribution in [3.63, 3.8) is 0 Å². The first-order valence-corrected chi connectivity index (χ1v) is 8.44. The molecule has 0 saturated heterocycles. The highest BCUT2D eigenvalue weighted by Crippen LogP contribution is 2.33. The molecule has 2 N–H and O–H groups in total. The van der Waals surface area contributed by atoms with Crippen LogP contribution in [0.2, 0.25) is 0 Å². The van der Waals surface area contributed by atoms with Gasteiger partial charge in [-0.15, -0.1) is 0 Å². The van der Waals surface area contributed by atoms with Crippen LogP contribution in [0.15, 0.2) is 29.2 Å². The number of rotatable bonds is 8. The molecule has 0 atom stereocenters. The highest BCUT2D eigenvalue weighted by molar-refractivity contribution is 7.89. The monoisotopic (exact) mass is 282 g/mol. The summed E-state index contributed by atoms with van der Waals surface area (Å²) in [7, 11) is -3.39. The summed E-state index contributed by atoms with van der Waals surface area (Å²) < 4.78 is 26.6. The largest absolute Gasteiger partial charge is 0.384 e. The van der Waals surface area contributed by atoms with E-state index in [2.05, 4.69) is 10.0 Å². The molecular weight excluding hydrogens is 260 g/mol. The quantitative estimate of drug-likeness (QED) is 0.721. The molecule has 5 heteroatoms. The van der Waals surface area contributed by atoms with Crippen molar-refractivity contribution in [3.8, 4) is 0 Å². The van der Waals surface area contributed by atoms with E-state index in [4.69, 9.17) is 0 Å². The first-order chi connectivity index (χ1) is 9.13. The Labute approximate surface area is 115 Å². The van der Waals surface area contributed by atoms with Crippen LogP contribution in [0.25, 0.3) is 0 Å². The zero-order valence-corrected chi connectivity index (χ0v) is 12.2. The molecule has 0 radical (unpaired) electrons. The highest BCUT2D eigenvalue weighted by Gasteiger charge is 2.20. The summed E-state index contributed by atoms with van der Waals surface area (Å²) in [5.74, 6) is 0.919. The lowest BCUT2D eigenvalue weighted by molar-refractivity contribution is 0.584. The van der Waals surface area contributed by atoms with Crippen LogP contribution >= 0.6 is 0 Å². The number of para-hydroxylation sites is 1. The Balaban J connectivity index is 1.98. The average molecular weight is 282 g/mol. The van der Waals surface area contributed by atoms with E-state index in [1.54, 1.807) is 19.1 Å². The van der Waals surface area contributed by atoms with E-state index >= 15 is 0 Å². The fourth-order valence-corrected chi connectivity index (χ4v) is 3.36. The molecule has 1 aromatic rings. The number of hydrogen-bond acceptors (Lipinski definition) is 3. The lowest BCUT2D eigenvalue weighted by atomic mass is 10.2. The molecule has 0 spiro atoms. The van der Waals surface area contributed by atoms with E-state index in [-0.39, 0.29) is 0 Å². The molecule has 0 bridgehead atoms. The molecule has 1 aliphatic carbocycles. The van der Waals surface area contributed by atoms with Gasteiger partial charge in [0.1, 0.15) is 4.90 Å². The number of benzene rings is 1. The minimum atomic E-state index is -3.39. The maximum Gasteiger partial charge on any atom is 0.242 e. The Bertz CT molecular complexity index is 510. The van der Waals surface area contributed by atoms with Crippen LogP contribution in [0.3, 0.4) is 0 Å². The van der Waals surface area contributed by atoms with Gasteiger partial charge in [0.25, 0.3) is 0 Å². The second kappa shape index (κ2) is 6.39. The van der Waals surface area contributed by atoms with E-state index in [1.165, 1.54) is 19.3 Å². The summed E-state index contributed by atoms with van der Waals surface area (Å²) in [6, 6.07) is 7.07. The molecular formula is C14H22N2O2S. The standard InChI is InChI=1S/C14H22N2O2S/c1-2-16-19(17,18)14-8-4-3-7-13(14)15-11-5-6-12-9-10-12/h3-4,7-8,12,15-16H,2,5-6,9-11H2,1H3. The maximum atomic E-state index is 12.1. The third-order valence-electron chi connectivity index (χ3n) is 3.31. The molecule has 0 aromatic heterocycles. The Morgan fingerprint density at radius 2 is 2.00 bits per heavy atom. The zero-order valence-electron chi connectivity index (χ0n) is 11.4. The van der Waals surface area contributed by atoms with Crippen molar-refractivity contribution < 1.29 is 8.42 Å². The van der Waals surface area contributed by atoms with Gasteiger partial charge in [-0.05, 0) is 30.9 Å². The number of nitrogens with one attached hydrogen (secondary N) is 2. The molecule has 0 amide bonds. The summed E-state index contributed by atoms with van der Waals surface area (Å²) in [5, 5.41) is 3.24. The Hall–Kier alpha value is -1.07. The molecule has 106 valence electrons. The van der Waals surface area contributed by atoms with Crippen LogP contribution in [-0.2, 0) is 10.0 Å². The van der Waals surface area contributed by atoms with Crippen LogP contribution in [0, 0.1) is 5.92 Å². The van der Waals surface area contributed by atoms with Gasteiger partial charge in [-0.2, -0.15) is 0 Å². The van der Waals surface area contributed by atoms with E-state index in [9.17, 15) is 8.42 Å². The molecule has 1 aromatic carbocycles. The lowest BCUT2D eigenvalue weighted by Gasteiger charge is -2.12. The Morgan fingerprint density at radius 3 is 2.68 bits per heavy atom. The summed E-state index contributed by atoms with van der Waals surface area (Å²) >= 11 is 0. The van der Waals surface area contributed by atoms with Crippen LogP contribution in [0.1, 0.15) is 32.6 Å². The normalized spacial score (nSPS) is 15.4. The van der Waals surface area contributed by atoms with E-state index < -0.39 is 10.0 Å². The Kier molecular flexibility index (Phi) is 4.82. The smallest absolute Gasteiger partial charge is 0.242 e. The van der Waals surface area contributed by atoms with Gasteiger partial charge in [-0.25, -0.2) is 13.1 Å². The third-order valence-corrected chi connectivity index (χ3v) is 4.92. The number of hydrogen-bond donors (Lipinski definition) is 2. The zero-order chi connectivity index (χ0) is 13.7. The molecule has 4 nitrogen and oxygen atoms in total. The fraction of sp³-hybridized carbons (Fsp3) is 0.571. The average Bonchev–Trinajstić information content (AvgIpc) is 3.19. The molecule has 1 fully saturated rings. The van der Waals surface area contributed by atoms with Crippen molar-refractivity contribution in [2.24, 2.45) is 5.92 Å². The molecule has 1 aliphatic rings. The number of sulfonamides is 1. The first-order valence-electron chi connectivity index (χ1n) is 6.96. The molecule has 0 heterocycles. The third kappa shape index (κ3) is 4.21. The van der Waals surface area contributed by atoms with Crippen molar-refractivity contribution in [1.29, 1.82) is 0 Å². The van der Waals surface area contributed by atoms with Gasteiger partial charge < -0.3 is 5.32 Å². The summed E-state index contributed by atoms with van der Waals surface area (Å²) in [4.78, 5) is 0.336. The van der Waals surface area contributed by atoms with Crippen LogP contribution in [-0.4, -0.2) is 21.5 Å². The van der Waals surface area contributed by atoms with Gasteiger partial charge in [-0.3, -0.25) is 0 Å². The van der Waals surface area contributed by atoms with Crippen LogP contribution < -0.4 is 10.0 Å². The van der Waals surface area contributed by atoms with Crippen LogP contribution in [0.5, 0.6) is 0 Å². The van der Waals surface area contributed by atoms with E-state index in [1.807, 2.05) is 12.1 Å². The topological polar surface area (TPSA) is 58.2 Å². The van der Waals surface area contributed by atoms with Gasteiger partial charge in [0.2, 0.25) is 10.0 Å². The minimum absolute atomic E-state index is 0.336. The van der Waals surface area contributed by atoms with Crippen molar-refractivity contribution in [3.05, 3.63) is 24.3 Å². The van der Waals surface area contributed by atoms with Crippen molar-refractivity contribution in [2.45, 2.75) is 37.5 Å². The predicted octanol–water partition coefficient (Wildman–Crippen LogP) is 2.59. The highest BCUT2D eigenvalue weighted by atomic mass is 32.2. The SMILES string of the molecule is CCNS(=O)(=O)c1ccccc1NCCCC1CC1. The van der Waals surface area contributed by atoms with E-state index in [0.29, 0.717) is 17.1 Å². The summed E-state index contributed by atoms with van der Waals surface area (Å²) in [6.07, 6.45) is 5.08. The second-order valence-corrected chi connectivity index (χ2v) is 6.75. The summed E-state index contributed by atoms with van der Waals surface area (Å²) in [5.41, 5.74) is 0.694. The Morgan fingerprint density at radius 1 is 1.26 bits per heavy atom. The molecule has 19 heavy (non-hydrogen) atoms. The summed E-state index contributed by atoms with van der Waals surface area (Å²) in [6.45, 7) is 3.01. The lowest BCUT2D eigenvalue weighted by Crippen LogP contribution is -2.24. The van der Waals surface area contributed by atoms with E-state index in [0.717, 1.165) is 18.9 Å². The number of anilines is 1. The van der Waals surface area contributed by atoms with Gasteiger partial charge in [0, 0.05) is 13.1 Å². The molecule has 2 rings (SSSR count). The van der Waals surface area contributed by atoms with Crippen molar-refractivity contribution >= 4 is 15.7 Å². The maximum absolute atomic E-state index is 12.1. The second-order valence-electron chi connectivity index (χ2n) is 5.01. The molecule has 1 saturated carbocycles. The van der Waals surface area contributed by atoms with Crippen LogP contribution in [0.4, 0.5) is 5.69 Å². The fourth-order valence-electron chi connectivity index (χ4n) is 2.14. The van der Waals surface area contributed by atoms with Gasteiger partial charge >= 0.3 is 0 Å². The first kappa shape index (κ1) is 14.3. The minimum Gasteiger partial charge on any atom is -0.384 e. The van der Waals surface area contributed by atoms with Gasteiger partial charge in [0.15, 0.2) is 0 Å². The molecule has 0 unspecified atom stereocenters. The predicted molar refractivity (Wildman–Crippen MR) is 77.8 cm³/mol. The molecule has 0 aliphatic heterocycles. The van der Waals surface area contributed by atoms with Gasteiger partial charge in [0.05, 0.1) is 5.69 Å². The van der Waals surface area contributed by atoms with Crippen molar-refractivity contribution in [1.82, 2.24) is 4.72 Å². The van der Waals surface area contributed by atoms with Crippen molar-refractivity contribution in [2.75, 3.05) is 18.4 Å². The van der Waals surface area contributed by atoms with Gasteiger partial charge in [-0.1, -0.05) is 31.9 Å².